The summed E-state index contributed by atoms with van der Waals surface area (Å²) < 4.78 is 32.6. The number of carbonyl (C=O) groups is 2. The van der Waals surface area contributed by atoms with Crippen molar-refractivity contribution in [1.82, 2.24) is 0 Å². The second-order valence-electron chi connectivity index (χ2n) is 13.7. The van der Waals surface area contributed by atoms with E-state index in [1.165, 1.54) is 89.9 Å². The van der Waals surface area contributed by atoms with Crippen LogP contribution in [0.2, 0.25) is 0 Å². The van der Waals surface area contributed by atoms with Crippen molar-refractivity contribution in [3.8, 4) is 0 Å². The molecule has 0 aliphatic carbocycles. The predicted octanol–water partition coefficient (Wildman–Crippen LogP) is 10.2. The van der Waals surface area contributed by atoms with E-state index in [1.807, 2.05) is 0 Å². The Bertz CT molecular complexity index is 910. The van der Waals surface area contributed by atoms with E-state index < -0.39 is 51.8 Å². The van der Waals surface area contributed by atoms with Crippen LogP contribution < -0.4 is 0 Å². The van der Waals surface area contributed by atoms with Crippen LogP contribution in [0.25, 0.3) is 0 Å². The normalized spacial score (nSPS) is 14.2. The Morgan fingerprint density at radius 1 is 0.569 bits per heavy atom. The molecule has 0 aliphatic rings. The fourth-order valence-corrected chi connectivity index (χ4v) is 6.18. The maximum Gasteiger partial charge on any atom is 0.472 e. The third-order valence-corrected chi connectivity index (χ3v) is 9.53. The van der Waals surface area contributed by atoms with Gasteiger partial charge in [-0.15, -0.1) is 0 Å². The molecule has 10 nitrogen and oxygen atoms in total. The quantitative estimate of drug-likeness (QED) is 0.0241. The maximum atomic E-state index is 12.5. The topological polar surface area (TPSA) is 149 Å². The highest BCUT2D eigenvalue weighted by molar-refractivity contribution is 7.47. The Labute approximate surface area is 310 Å². The molecule has 51 heavy (non-hydrogen) atoms. The van der Waals surface area contributed by atoms with Crippen LogP contribution in [-0.2, 0) is 32.7 Å². The van der Waals surface area contributed by atoms with Gasteiger partial charge in [-0.05, 0) is 64.2 Å². The van der Waals surface area contributed by atoms with E-state index >= 15 is 0 Å². The highest BCUT2D eigenvalue weighted by Crippen LogP contribution is 2.43. The van der Waals surface area contributed by atoms with Gasteiger partial charge in [0.2, 0.25) is 0 Å². The second-order valence-corrected chi connectivity index (χ2v) is 15.1. The van der Waals surface area contributed by atoms with E-state index in [0.717, 1.165) is 51.4 Å². The number of carbonyl (C=O) groups excluding carboxylic acids is 2. The summed E-state index contributed by atoms with van der Waals surface area (Å²) in [5.41, 5.74) is 0. The largest absolute Gasteiger partial charge is 0.472 e. The van der Waals surface area contributed by atoms with Crippen LogP contribution >= 0.6 is 7.82 Å². The number of hydrogen-bond acceptors (Lipinski definition) is 9. The average Bonchev–Trinajstić information content (AvgIpc) is 3.12. The summed E-state index contributed by atoms with van der Waals surface area (Å²) in [5.74, 6) is -0.960. The number of hydrogen-bond donors (Lipinski definition) is 3. The van der Waals surface area contributed by atoms with Gasteiger partial charge in [0.25, 0.3) is 0 Å². The molecule has 300 valence electrons. The molecular weight excluding hydrogens is 671 g/mol. The zero-order valence-electron chi connectivity index (χ0n) is 32.3. The standard InChI is InChI=1S/C40H75O10P/c1-3-5-7-9-11-13-15-17-18-20-21-23-25-27-29-31-39(43)47-35-38(36-49-51(45,46)48-34-37(42)33-41)50-40(44)32-30-28-26-24-22-19-16-14-12-10-8-6-4-2/h19-22,37-38,41-42H,3-18,23-36H2,1-2H3,(H,45,46)/b21-20+,22-19+/t37-,38+/m0/s1. The van der Waals surface area contributed by atoms with Gasteiger partial charge in [-0.3, -0.25) is 18.6 Å². The smallest absolute Gasteiger partial charge is 0.462 e. The van der Waals surface area contributed by atoms with Gasteiger partial charge in [0, 0.05) is 12.8 Å². The van der Waals surface area contributed by atoms with Crippen molar-refractivity contribution in [3.05, 3.63) is 24.3 Å². The molecule has 0 radical (unpaired) electrons. The first-order valence-electron chi connectivity index (χ1n) is 20.3. The summed E-state index contributed by atoms with van der Waals surface area (Å²) in [6, 6.07) is 0. The number of ether oxygens (including phenoxy) is 2. The zero-order valence-corrected chi connectivity index (χ0v) is 33.2. The molecule has 0 aliphatic heterocycles. The Kier molecular flexibility index (Phi) is 35.7. The van der Waals surface area contributed by atoms with Crippen LogP contribution in [0.4, 0.5) is 0 Å². The Morgan fingerprint density at radius 3 is 1.41 bits per heavy atom. The monoisotopic (exact) mass is 747 g/mol. The molecule has 0 fully saturated rings. The molecule has 0 heterocycles. The first-order valence-corrected chi connectivity index (χ1v) is 21.8. The number of esters is 2. The molecule has 0 aromatic rings. The van der Waals surface area contributed by atoms with E-state index in [2.05, 4.69) is 42.7 Å². The fraction of sp³-hybridized carbons (Fsp3) is 0.850. The average molecular weight is 747 g/mol. The van der Waals surface area contributed by atoms with Crippen LogP contribution in [0.3, 0.4) is 0 Å². The van der Waals surface area contributed by atoms with E-state index in [4.69, 9.17) is 19.1 Å². The molecule has 0 spiro atoms. The number of unbranched alkanes of at least 4 members (excludes halogenated alkanes) is 20. The van der Waals surface area contributed by atoms with Gasteiger partial charge >= 0.3 is 19.8 Å². The summed E-state index contributed by atoms with van der Waals surface area (Å²) in [6.07, 6.45) is 34.3. The lowest BCUT2D eigenvalue weighted by molar-refractivity contribution is -0.161. The lowest BCUT2D eigenvalue weighted by Gasteiger charge is -2.20. The highest BCUT2D eigenvalue weighted by atomic mass is 31.2. The number of allylic oxidation sites excluding steroid dienone is 4. The molecule has 1 unspecified atom stereocenters. The van der Waals surface area contributed by atoms with E-state index in [-0.39, 0.29) is 19.4 Å². The number of aliphatic hydroxyl groups is 2. The maximum absolute atomic E-state index is 12.5. The highest BCUT2D eigenvalue weighted by Gasteiger charge is 2.27. The molecule has 0 saturated carbocycles. The van der Waals surface area contributed by atoms with Gasteiger partial charge in [0.05, 0.1) is 19.8 Å². The van der Waals surface area contributed by atoms with Crippen LogP contribution in [0.1, 0.15) is 181 Å². The zero-order chi connectivity index (χ0) is 37.7. The van der Waals surface area contributed by atoms with Crippen molar-refractivity contribution < 1.29 is 47.8 Å². The molecule has 0 aromatic heterocycles. The van der Waals surface area contributed by atoms with Crippen molar-refractivity contribution in [2.75, 3.05) is 26.4 Å². The molecule has 3 N–H and O–H groups in total. The SMILES string of the molecule is CCCCCCCC/C=C/CCCCCC(=O)O[C@H](COC(=O)CCCCC/C=C/CCCCCCCCCC)COP(=O)(O)OC[C@@H](O)CO. The van der Waals surface area contributed by atoms with Crippen LogP contribution in [-0.4, -0.2) is 65.7 Å². The van der Waals surface area contributed by atoms with Crippen LogP contribution in [0.15, 0.2) is 24.3 Å². The van der Waals surface area contributed by atoms with Crippen LogP contribution in [0.5, 0.6) is 0 Å². The minimum atomic E-state index is -4.62. The molecule has 3 atom stereocenters. The lowest BCUT2D eigenvalue weighted by atomic mass is 10.1. The van der Waals surface area contributed by atoms with Crippen LogP contribution in [0, 0.1) is 0 Å². The summed E-state index contributed by atoms with van der Waals surface area (Å²) in [5, 5.41) is 18.3. The summed E-state index contributed by atoms with van der Waals surface area (Å²) >= 11 is 0. The van der Waals surface area contributed by atoms with Gasteiger partial charge in [0.1, 0.15) is 12.7 Å². The fourth-order valence-electron chi connectivity index (χ4n) is 5.39. The van der Waals surface area contributed by atoms with E-state index in [9.17, 15) is 24.2 Å². The van der Waals surface area contributed by atoms with Crippen molar-refractivity contribution >= 4 is 19.8 Å². The Balaban J connectivity index is 4.37. The number of phosphoric ester groups is 1. The van der Waals surface area contributed by atoms with Crippen molar-refractivity contribution in [2.45, 2.75) is 193 Å². The Hall–Kier alpha value is -1.55. The molecule has 0 saturated heterocycles. The number of rotatable bonds is 38. The molecule has 0 rings (SSSR count). The molecule has 0 amide bonds. The minimum Gasteiger partial charge on any atom is -0.462 e. The summed E-state index contributed by atoms with van der Waals surface area (Å²) in [4.78, 5) is 34.8. The first-order chi connectivity index (χ1) is 24.7. The van der Waals surface area contributed by atoms with Gasteiger partial charge in [-0.2, -0.15) is 0 Å². The number of phosphoric acid groups is 1. The minimum absolute atomic E-state index is 0.162. The van der Waals surface area contributed by atoms with Crippen molar-refractivity contribution in [3.63, 3.8) is 0 Å². The molecular formula is C40H75O10P. The number of aliphatic hydroxyl groups excluding tert-OH is 2. The third-order valence-electron chi connectivity index (χ3n) is 8.58. The molecule has 11 heteroatoms. The van der Waals surface area contributed by atoms with Gasteiger partial charge < -0.3 is 24.6 Å². The lowest BCUT2D eigenvalue weighted by Crippen LogP contribution is -2.29. The van der Waals surface area contributed by atoms with Crippen molar-refractivity contribution in [2.24, 2.45) is 0 Å². The van der Waals surface area contributed by atoms with Gasteiger partial charge in [-0.25, -0.2) is 4.57 Å². The third kappa shape index (κ3) is 36.6. The summed E-state index contributed by atoms with van der Waals surface area (Å²) in [7, 11) is -4.62. The second kappa shape index (κ2) is 36.8. The van der Waals surface area contributed by atoms with Gasteiger partial charge in [-0.1, -0.05) is 128 Å². The Morgan fingerprint density at radius 2 is 0.961 bits per heavy atom. The van der Waals surface area contributed by atoms with E-state index in [1.54, 1.807) is 0 Å². The predicted molar refractivity (Wildman–Crippen MR) is 205 cm³/mol. The molecule has 0 aromatic carbocycles. The van der Waals surface area contributed by atoms with E-state index in [0.29, 0.717) is 12.8 Å². The molecule has 0 bridgehead atoms. The summed E-state index contributed by atoms with van der Waals surface area (Å²) in [6.45, 7) is 2.33. The first kappa shape index (κ1) is 49.5. The van der Waals surface area contributed by atoms with Gasteiger partial charge in [0.15, 0.2) is 6.10 Å². The van der Waals surface area contributed by atoms with Crippen molar-refractivity contribution in [1.29, 1.82) is 0 Å².